The van der Waals surface area contributed by atoms with E-state index >= 15 is 0 Å². The Bertz CT molecular complexity index is 176. The predicted molar refractivity (Wildman–Crippen MR) is 48.1 cm³/mol. The molecule has 1 saturated carbocycles. The lowest BCUT2D eigenvalue weighted by atomic mass is 9.92. The highest BCUT2D eigenvalue weighted by atomic mass is 16.3. The number of likely N-dealkylation sites (N-methyl/N-ethyl adjacent to an activating group) is 1. The highest BCUT2D eigenvalue weighted by Crippen LogP contribution is 2.22. The van der Waals surface area contributed by atoms with Gasteiger partial charge < -0.3 is 15.1 Å². The van der Waals surface area contributed by atoms with Crippen molar-refractivity contribution in [2.24, 2.45) is 0 Å². The van der Waals surface area contributed by atoms with Gasteiger partial charge in [0.05, 0.1) is 6.10 Å². The lowest BCUT2D eigenvalue weighted by Crippen LogP contribution is -2.41. The van der Waals surface area contributed by atoms with E-state index in [1.165, 1.54) is 0 Å². The van der Waals surface area contributed by atoms with Crippen molar-refractivity contribution in [1.29, 1.82) is 0 Å². The van der Waals surface area contributed by atoms with Crippen molar-refractivity contribution in [3.63, 3.8) is 0 Å². The lowest BCUT2D eigenvalue weighted by molar-refractivity contribution is -0.135. The zero-order valence-corrected chi connectivity index (χ0v) is 7.94. The Morgan fingerprint density at radius 1 is 1.38 bits per heavy atom. The van der Waals surface area contributed by atoms with Crippen LogP contribution in [0.15, 0.2) is 0 Å². The van der Waals surface area contributed by atoms with Gasteiger partial charge in [0, 0.05) is 13.1 Å². The van der Waals surface area contributed by atoms with Crippen LogP contribution in [0.4, 0.5) is 0 Å². The number of carbonyl (C=O) groups is 1. The maximum absolute atomic E-state index is 11.1. The van der Waals surface area contributed by atoms with Crippen molar-refractivity contribution in [3.8, 4) is 0 Å². The normalized spacial score (nSPS) is 28.5. The molecule has 1 aliphatic carbocycles. The molecular formula is C9H17NO3. The van der Waals surface area contributed by atoms with E-state index < -0.39 is 6.61 Å². The van der Waals surface area contributed by atoms with Gasteiger partial charge in [0.1, 0.15) is 6.61 Å². The molecule has 13 heavy (non-hydrogen) atoms. The molecule has 0 aromatic rings. The maximum Gasteiger partial charge on any atom is 0.248 e. The van der Waals surface area contributed by atoms with Crippen molar-refractivity contribution in [2.45, 2.75) is 37.8 Å². The molecule has 76 valence electrons. The third kappa shape index (κ3) is 2.67. The Balaban J connectivity index is 2.39. The Morgan fingerprint density at radius 2 is 1.92 bits per heavy atom. The van der Waals surface area contributed by atoms with Gasteiger partial charge in [-0.25, -0.2) is 0 Å². The Labute approximate surface area is 78.2 Å². The van der Waals surface area contributed by atoms with Gasteiger partial charge in [-0.1, -0.05) is 0 Å². The van der Waals surface area contributed by atoms with Gasteiger partial charge in [-0.05, 0) is 25.7 Å². The van der Waals surface area contributed by atoms with Gasteiger partial charge in [-0.2, -0.15) is 0 Å². The van der Waals surface area contributed by atoms with Crippen LogP contribution >= 0.6 is 0 Å². The van der Waals surface area contributed by atoms with Crippen LogP contribution in [0.25, 0.3) is 0 Å². The fourth-order valence-corrected chi connectivity index (χ4v) is 1.76. The number of carbonyl (C=O) groups excluding carboxylic acids is 1. The number of aliphatic hydroxyl groups is 2. The van der Waals surface area contributed by atoms with Crippen LogP contribution in [-0.4, -0.2) is 46.8 Å². The second kappa shape index (κ2) is 4.58. The first-order valence-electron chi connectivity index (χ1n) is 4.69. The van der Waals surface area contributed by atoms with Crippen molar-refractivity contribution < 1.29 is 15.0 Å². The van der Waals surface area contributed by atoms with Crippen molar-refractivity contribution in [2.75, 3.05) is 13.7 Å². The lowest BCUT2D eigenvalue weighted by Gasteiger charge is -2.32. The van der Waals surface area contributed by atoms with Crippen LogP contribution in [0.5, 0.6) is 0 Å². The Morgan fingerprint density at radius 3 is 2.38 bits per heavy atom. The fourth-order valence-electron chi connectivity index (χ4n) is 1.76. The quantitative estimate of drug-likeness (QED) is 0.626. The summed E-state index contributed by atoms with van der Waals surface area (Å²) < 4.78 is 0. The molecule has 0 atom stereocenters. The minimum atomic E-state index is -0.421. The summed E-state index contributed by atoms with van der Waals surface area (Å²) in [7, 11) is 1.71. The average molecular weight is 187 g/mol. The average Bonchev–Trinajstić information content (AvgIpc) is 2.17. The summed E-state index contributed by atoms with van der Waals surface area (Å²) in [6, 6.07) is 0.197. The fraction of sp³-hybridized carbons (Fsp3) is 0.889. The molecule has 0 heterocycles. The Hall–Kier alpha value is -0.610. The third-order valence-corrected chi connectivity index (χ3v) is 2.74. The van der Waals surface area contributed by atoms with Crippen LogP contribution in [0.3, 0.4) is 0 Å². The number of hydrogen-bond acceptors (Lipinski definition) is 3. The van der Waals surface area contributed by atoms with E-state index in [-0.39, 0.29) is 18.1 Å². The van der Waals surface area contributed by atoms with Crippen molar-refractivity contribution in [1.82, 2.24) is 4.90 Å². The summed E-state index contributed by atoms with van der Waals surface area (Å²) >= 11 is 0. The Kier molecular flexibility index (Phi) is 3.69. The molecule has 1 aliphatic rings. The van der Waals surface area contributed by atoms with Gasteiger partial charge in [0.2, 0.25) is 5.91 Å². The molecular weight excluding hydrogens is 170 g/mol. The molecule has 0 aromatic heterocycles. The number of nitrogens with zero attached hydrogens (tertiary/aromatic N) is 1. The first kappa shape index (κ1) is 10.5. The van der Waals surface area contributed by atoms with Gasteiger partial charge in [-0.3, -0.25) is 4.79 Å². The number of aliphatic hydroxyl groups excluding tert-OH is 2. The van der Waals surface area contributed by atoms with E-state index in [1.54, 1.807) is 11.9 Å². The van der Waals surface area contributed by atoms with Crippen molar-refractivity contribution in [3.05, 3.63) is 0 Å². The zero-order valence-electron chi connectivity index (χ0n) is 7.94. The molecule has 1 amide bonds. The summed E-state index contributed by atoms with van der Waals surface area (Å²) in [5.74, 6) is -0.235. The van der Waals surface area contributed by atoms with Gasteiger partial charge >= 0.3 is 0 Å². The third-order valence-electron chi connectivity index (χ3n) is 2.74. The van der Waals surface area contributed by atoms with Gasteiger partial charge in [-0.15, -0.1) is 0 Å². The van der Waals surface area contributed by atoms with Crippen LogP contribution < -0.4 is 0 Å². The zero-order chi connectivity index (χ0) is 9.84. The van der Waals surface area contributed by atoms with Crippen LogP contribution in [0.1, 0.15) is 25.7 Å². The van der Waals surface area contributed by atoms with E-state index in [4.69, 9.17) is 5.11 Å². The molecule has 1 rings (SSSR count). The summed E-state index contributed by atoms with van der Waals surface area (Å²) in [5, 5.41) is 17.9. The standard InChI is InChI=1S/C9H17NO3/c1-10(9(13)6-11)7-2-4-8(12)5-3-7/h7-8,11-12H,2-6H2,1H3. The highest BCUT2D eigenvalue weighted by molar-refractivity contribution is 5.77. The van der Waals surface area contributed by atoms with E-state index in [0.717, 1.165) is 25.7 Å². The van der Waals surface area contributed by atoms with E-state index in [1.807, 2.05) is 0 Å². The smallest absolute Gasteiger partial charge is 0.248 e. The highest BCUT2D eigenvalue weighted by Gasteiger charge is 2.24. The number of amides is 1. The van der Waals surface area contributed by atoms with Crippen molar-refractivity contribution >= 4 is 5.91 Å². The minimum Gasteiger partial charge on any atom is -0.393 e. The summed E-state index contributed by atoms with van der Waals surface area (Å²) in [6.45, 7) is -0.421. The number of rotatable bonds is 2. The van der Waals surface area contributed by atoms with E-state index in [2.05, 4.69) is 0 Å². The van der Waals surface area contributed by atoms with E-state index in [0.29, 0.717) is 0 Å². The molecule has 0 bridgehead atoms. The molecule has 0 unspecified atom stereocenters. The second-order valence-corrected chi connectivity index (χ2v) is 3.63. The van der Waals surface area contributed by atoms with E-state index in [9.17, 15) is 9.90 Å². The summed E-state index contributed by atoms with van der Waals surface area (Å²) in [4.78, 5) is 12.7. The molecule has 0 spiro atoms. The summed E-state index contributed by atoms with van der Waals surface area (Å²) in [6.07, 6.45) is 2.99. The summed E-state index contributed by atoms with van der Waals surface area (Å²) in [5.41, 5.74) is 0. The minimum absolute atomic E-state index is 0.197. The molecule has 0 aliphatic heterocycles. The van der Waals surface area contributed by atoms with Crippen LogP contribution in [0, 0.1) is 0 Å². The second-order valence-electron chi connectivity index (χ2n) is 3.63. The predicted octanol–water partition coefficient (Wildman–Crippen LogP) is -0.259. The molecule has 2 N–H and O–H groups in total. The SMILES string of the molecule is CN(C(=O)CO)C1CCC(O)CC1. The topological polar surface area (TPSA) is 60.8 Å². The molecule has 0 aromatic carbocycles. The molecule has 0 saturated heterocycles. The molecule has 4 nitrogen and oxygen atoms in total. The van der Waals surface area contributed by atoms with Crippen LogP contribution in [-0.2, 0) is 4.79 Å². The largest absolute Gasteiger partial charge is 0.393 e. The first-order chi connectivity index (χ1) is 6.15. The first-order valence-corrected chi connectivity index (χ1v) is 4.69. The number of hydrogen-bond donors (Lipinski definition) is 2. The molecule has 4 heteroatoms. The van der Waals surface area contributed by atoms with Gasteiger partial charge in [0.15, 0.2) is 0 Å². The monoisotopic (exact) mass is 187 g/mol. The maximum atomic E-state index is 11.1. The van der Waals surface area contributed by atoms with Gasteiger partial charge in [0.25, 0.3) is 0 Å². The molecule has 1 fully saturated rings. The van der Waals surface area contributed by atoms with Crippen LogP contribution in [0.2, 0.25) is 0 Å². The molecule has 0 radical (unpaired) electrons.